The normalized spacial score (nSPS) is 12.2. The van der Waals surface area contributed by atoms with Crippen LogP contribution in [0, 0.1) is 0 Å². The summed E-state index contributed by atoms with van der Waals surface area (Å²) in [7, 11) is -8.88. The fourth-order valence-corrected chi connectivity index (χ4v) is 3.55. The molecule has 2 aromatic carbocycles. The van der Waals surface area contributed by atoms with Crippen molar-refractivity contribution in [3.05, 3.63) is 54.1 Å². The first kappa shape index (κ1) is 17.4. The Kier molecular flexibility index (Phi) is 5.03. The first-order chi connectivity index (χ1) is 10.7. The van der Waals surface area contributed by atoms with Gasteiger partial charge in [-0.2, -0.15) is 8.42 Å². The molecule has 124 valence electrons. The van der Waals surface area contributed by atoms with Crippen LogP contribution in [0.4, 0.5) is 9.57 Å². The van der Waals surface area contributed by atoms with E-state index in [0.717, 1.165) is 17.7 Å². The second-order valence-electron chi connectivity index (χ2n) is 4.80. The first-order valence-electron chi connectivity index (χ1n) is 6.57. The minimum Gasteiger partial charge on any atom is -0.399 e. The van der Waals surface area contributed by atoms with Gasteiger partial charge in [0.1, 0.15) is 0 Å². The molecule has 0 aliphatic carbocycles. The monoisotopic (exact) mass is 358 g/mol. The Labute approximate surface area is 134 Å². The van der Waals surface area contributed by atoms with Gasteiger partial charge in [0.05, 0.1) is 9.79 Å². The van der Waals surface area contributed by atoms with Crippen LogP contribution in [0.25, 0.3) is 0 Å². The molecule has 0 aliphatic heterocycles. The number of halogens is 1. The number of anilines is 1. The molecule has 2 rings (SSSR count). The zero-order chi connectivity index (χ0) is 17.1. The predicted molar refractivity (Wildman–Crippen MR) is 84.5 cm³/mol. The van der Waals surface area contributed by atoms with Crippen molar-refractivity contribution in [1.82, 2.24) is 4.72 Å². The van der Waals surface area contributed by atoms with Gasteiger partial charge in [0.15, 0.2) is 0 Å². The molecule has 0 radical (unpaired) electrons. The summed E-state index contributed by atoms with van der Waals surface area (Å²) < 4.78 is 61.2. The molecule has 0 unspecified atom stereocenters. The number of nitrogen functional groups attached to an aromatic ring is 1. The fraction of sp³-hybridized carbons (Fsp3) is 0.143. The summed E-state index contributed by atoms with van der Waals surface area (Å²) in [6.45, 7) is 0.110. The van der Waals surface area contributed by atoms with Crippen LogP contribution in [-0.2, 0) is 26.7 Å². The largest absolute Gasteiger partial charge is 0.399 e. The van der Waals surface area contributed by atoms with E-state index in [-0.39, 0.29) is 11.4 Å². The van der Waals surface area contributed by atoms with Gasteiger partial charge in [-0.1, -0.05) is 18.2 Å². The molecule has 0 saturated carbocycles. The van der Waals surface area contributed by atoms with E-state index >= 15 is 0 Å². The lowest BCUT2D eigenvalue weighted by Gasteiger charge is -2.08. The topological polar surface area (TPSA) is 106 Å². The fourth-order valence-electron chi connectivity index (χ4n) is 1.89. The third-order valence-corrected chi connectivity index (χ3v) is 5.36. The van der Waals surface area contributed by atoms with Gasteiger partial charge in [0.25, 0.3) is 0 Å². The lowest BCUT2D eigenvalue weighted by atomic mass is 10.1. The van der Waals surface area contributed by atoms with E-state index in [1.165, 1.54) is 12.1 Å². The highest BCUT2D eigenvalue weighted by molar-refractivity contribution is 7.89. The molecule has 0 aliphatic rings. The summed E-state index contributed by atoms with van der Waals surface area (Å²) in [5.74, 6) is 0. The van der Waals surface area contributed by atoms with Crippen LogP contribution in [0.5, 0.6) is 0 Å². The zero-order valence-corrected chi connectivity index (χ0v) is 13.6. The third-order valence-electron chi connectivity index (χ3n) is 3.08. The molecule has 0 atom stereocenters. The van der Waals surface area contributed by atoms with Gasteiger partial charge in [0, 0.05) is 12.2 Å². The Balaban J connectivity index is 2.08. The minimum absolute atomic E-state index is 0.110. The van der Waals surface area contributed by atoms with Crippen LogP contribution < -0.4 is 10.5 Å². The first-order valence-corrected chi connectivity index (χ1v) is 9.44. The number of sulfonamides is 1. The van der Waals surface area contributed by atoms with Crippen molar-refractivity contribution < 1.29 is 20.7 Å². The highest BCUT2D eigenvalue weighted by Crippen LogP contribution is 2.17. The van der Waals surface area contributed by atoms with Crippen LogP contribution in [-0.4, -0.2) is 23.4 Å². The van der Waals surface area contributed by atoms with Crippen LogP contribution >= 0.6 is 0 Å². The number of rotatable bonds is 6. The zero-order valence-electron chi connectivity index (χ0n) is 11.9. The Hall–Kier alpha value is -1.97. The quantitative estimate of drug-likeness (QED) is 0.600. The van der Waals surface area contributed by atoms with E-state index < -0.39 is 25.1 Å². The van der Waals surface area contributed by atoms with Crippen molar-refractivity contribution in [1.29, 1.82) is 0 Å². The maximum atomic E-state index is 12.9. The summed E-state index contributed by atoms with van der Waals surface area (Å²) in [4.78, 5) is -1.01. The Morgan fingerprint density at radius 3 is 2.17 bits per heavy atom. The molecular weight excluding hydrogens is 343 g/mol. The number of benzene rings is 2. The number of nitrogens with two attached hydrogens (primary N) is 1. The Morgan fingerprint density at radius 2 is 1.57 bits per heavy atom. The van der Waals surface area contributed by atoms with Crippen molar-refractivity contribution in [2.75, 3.05) is 12.3 Å². The third kappa shape index (κ3) is 4.75. The standard InChI is InChI=1S/C14H15FN2O4S2/c15-22(18,19)13-2-1-3-14(10-13)23(20,21)17-9-8-11-4-6-12(16)7-5-11/h1-7,10,17H,8-9,16H2. The van der Waals surface area contributed by atoms with Crippen LogP contribution in [0.1, 0.15) is 5.56 Å². The van der Waals surface area contributed by atoms with Gasteiger partial charge in [0.2, 0.25) is 10.0 Å². The number of hydrogen-bond acceptors (Lipinski definition) is 5. The molecule has 0 fully saturated rings. The molecule has 3 N–H and O–H groups in total. The van der Waals surface area contributed by atoms with E-state index in [0.29, 0.717) is 12.1 Å². The molecule has 0 heterocycles. The summed E-state index contributed by atoms with van der Waals surface area (Å²) >= 11 is 0. The van der Waals surface area contributed by atoms with Gasteiger partial charge < -0.3 is 5.73 Å². The summed E-state index contributed by atoms with van der Waals surface area (Å²) in [6, 6.07) is 11.1. The average molecular weight is 358 g/mol. The van der Waals surface area contributed by atoms with E-state index in [9.17, 15) is 20.7 Å². The van der Waals surface area contributed by atoms with E-state index in [4.69, 9.17) is 5.73 Å². The summed E-state index contributed by atoms with van der Waals surface area (Å²) in [5, 5.41) is 0. The Morgan fingerprint density at radius 1 is 0.957 bits per heavy atom. The second-order valence-corrected chi connectivity index (χ2v) is 7.92. The molecule has 9 heteroatoms. The van der Waals surface area contributed by atoms with Crippen LogP contribution in [0.3, 0.4) is 0 Å². The van der Waals surface area contributed by atoms with Crippen LogP contribution in [0.2, 0.25) is 0 Å². The van der Waals surface area contributed by atoms with Crippen molar-refractivity contribution >= 4 is 25.9 Å². The van der Waals surface area contributed by atoms with Gasteiger partial charge >= 0.3 is 10.2 Å². The SMILES string of the molecule is Nc1ccc(CCNS(=O)(=O)c2cccc(S(=O)(=O)F)c2)cc1. The van der Waals surface area contributed by atoms with Gasteiger partial charge in [-0.3, -0.25) is 0 Å². The minimum atomic E-state index is -4.96. The lowest BCUT2D eigenvalue weighted by Crippen LogP contribution is -2.26. The molecule has 6 nitrogen and oxygen atoms in total. The molecule has 0 saturated heterocycles. The number of nitrogens with one attached hydrogen (secondary N) is 1. The van der Waals surface area contributed by atoms with Gasteiger partial charge in [-0.05, 0) is 42.3 Å². The summed E-state index contributed by atoms with van der Waals surface area (Å²) in [5.41, 5.74) is 7.06. The Bertz CT molecular complexity index is 895. The van der Waals surface area contributed by atoms with E-state index in [1.807, 2.05) is 0 Å². The number of hydrogen-bond donors (Lipinski definition) is 2. The molecule has 0 amide bonds. The molecule has 0 aromatic heterocycles. The molecule has 23 heavy (non-hydrogen) atoms. The second kappa shape index (κ2) is 6.65. The average Bonchev–Trinajstić information content (AvgIpc) is 2.48. The highest BCUT2D eigenvalue weighted by Gasteiger charge is 2.18. The molecule has 0 spiro atoms. The van der Waals surface area contributed by atoms with Crippen molar-refractivity contribution in [2.24, 2.45) is 0 Å². The molecule has 2 aromatic rings. The van der Waals surface area contributed by atoms with E-state index in [1.54, 1.807) is 24.3 Å². The van der Waals surface area contributed by atoms with Crippen LogP contribution in [0.15, 0.2) is 58.3 Å². The highest BCUT2D eigenvalue weighted by atomic mass is 32.3. The van der Waals surface area contributed by atoms with Crippen molar-refractivity contribution in [2.45, 2.75) is 16.2 Å². The smallest absolute Gasteiger partial charge is 0.332 e. The predicted octanol–water partition coefficient (Wildman–Crippen LogP) is 1.45. The summed E-state index contributed by atoms with van der Waals surface area (Å²) in [6.07, 6.45) is 0.431. The van der Waals surface area contributed by atoms with Crippen molar-refractivity contribution in [3.63, 3.8) is 0 Å². The maximum absolute atomic E-state index is 12.9. The van der Waals surface area contributed by atoms with Gasteiger partial charge in [-0.15, -0.1) is 3.89 Å². The molecular formula is C14H15FN2O4S2. The van der Waals surface area contributed by atoms with Crippen molar-refractivity contribution in [3.8, 4) is 0 Å². The lowest BCUT2D eigenvalue weighted by molar-refractivity contribution is 0.551. The molecule has 0 bridgehead atoms. The maximum Gasteiger partial charge on any atom is 0.332 e. The van der Waals surface area contributed by atoms with E-state index in [2.05, 4.69) is 4.72 Å². The van der Waals surface area contributed by atoms with Gasteiger partial charge in [-0.25, -0.2) is 13.1 Å².